The molecule has 1 N–H and O–H groups in total. The highest BCUT2D eigenvalue weighted by atomic mass is 19.1. The summed E-state index contributed by atoms with van der Waals surface area (Å²) < 4.78 is 13.6. The number of benzene rings is 1. The van der Waals surface area contributed by atoms with Crippen molar-refractivity contribution < 1.29 is 9.31 Å². The molecule has 110 valence electrons. The van der Waals surface area contributed by atoms with Crippen LogP contribution in [0.3, 0.4) is 0 Å². The maximum Gasteiger partial charge on any atom is 0.311 e. The molecule has 2 aromatic rings. The normalized spacial score (nSPS) is 10.5. The number of nitrogens with one attached hydrogen (secondary N) is 1. The van der Waals surface area contributed by atoms with Gasteiger partial charge >= 0.3 is 5.69 Å². The van der Waals surface area contributed by atoms with Crippen LogP contribution < -0.4 is 5.32 Å². The third-order valence-corrected chi connectivity index (χ3v) is 3.16. The molecular weight excluding hydrogens is 273 g/mol. The van der Waals surface area contributed by atoms with Crippen molar-refractivity contribution in [3.63, 3.8) is 0 Å². The summed E-state index contributed by atoms with van der Waals surface area (Å²) in [5, 5.41) is 14.0. The minimum Gasteiger partial charge on any atom is -0.360 e. The third-order valence-electron chi connectivity index (χ3n) is 3.16. The third kappa shape index (κ3) is 3.34. The lowest BCUT2D eigenvalue weighted by atomic mass is 10.1. The summed E-state index contributed by atoms with van der Waals surface area (Å²) in [7, 11) is 0. The molecule has 1 aromatic carbocycles. The van der Waals surface area contributed by atoms with E-state index in [9.17, 15) is 14.5 Å². The van der Waals surface area contributed by atoms with E-state index in [4.69, 9.17) is 0 Å². The van der Waals surface area contributed by atoms with Gasteiger partial charge in [0.1, 0.15) is 5.82 Å². The van der Waals surface area contributed by atoms with Crippen molar-refractivity contribution in [2.24, 2.45) is 0 Å². The first kappa shape index (κ1) is 14.9. The molecule has 0 aliphatic rings. The summed E-state index contributed by atoms with van der Waals surface area (Å²) in [5.41, 5.74) is 2.62. The molecule has 21 heavy (non-hydrogen) atoms. The topological polar surface area (TPSA) is 68.1 Å². The molecule has 0 radical (unpaired) electrons. The van der Waals surface area contributed by atoms with Crippen LogP contribution in [0.25, 0.3) is 0 Å². The molecule has 0 unspecified atom stereocenters. The fourth-order valence-electron chi connectivity index (χ4n) is 2.15. The van der Waals surface area contributed by atoms with E-state index in [0.29, 0.717) is 17.7 Å². The van der Waals surface area contributed by atoms with Crippen molar-refractivity contribution >= 4 is 11.5 Å². The Morgan fingerprint density at radius 3 is 2.43 bits per heavy atom. The number of aryl methyl sites for hydroxylation is 3. The van der Waals surface area contributed by atoms with Crippen molar-refractivity contribution in [1.82, 2.24) is 4.98 Å². The maximum absolute atomic E-state index is 13.6. The first-order valence-electron chi connectivity index (χ1n) is 6.49. The molecule has 0 atom stereocenters. The molecule has 1 heterocycles. The van der Waals surface area contributed by atoms with Gasteiger partial charge in [0, 0.05) is 18.8 Å². The molecule has 5 nitrogen and oxygen atoms in total. The summed E-state index contributed by atoms with van der Waals surface area (Å²) in [6, 6.07) is 4.90. The maximum atomic E-state index is 13.6. The predicted molar refractivity (Wildman–Crippen MR) is 78.8 cm³/mol. The van der Waals surface area contributed by atoms with E-state index in [1.54, 1.807) is 39.1 Å². The van der Waals surface area contributed by atoms with Gasteiger partial charge in [0.2, 0.25) is 5.82 Å². The summed E-state index contributed by atoms with van der Waals surface area (Å²) in [6.45, 7) is 5.48. The van der Waals surface area contributed by atoms with Crippen molar-refractivity contribution in [3.05, 3.63) is 62.6 Å². The summed E-state index contributed by atoms with van der Waals surface area (Å²) in [5.74, 6) is -0.0107. The van der Waals surface area contributed by atoms with Gasteiger partial charge in [0.15, 0.2) is 0 Å². The molecule has 0 spiro atoms. The van der Waals surface area contributed by atoms with Gasteiger partial charge in [-0.1, -0.05) is 12.1 Å². The Balaban J connectivity index is 2.22. The van der Waals surface area contributed by atoms with Crippen LogP contribution in [0.5, 0.6) is 0 Å². The van der Waals surface area contributed by atoms with Crippen molar-refractivity contribution in [3.8, 4) is 0 Å². The van der Waals surface area contributed by atoms with E-state index < -0.39 is 4.92 Å². The van der Waals surface area contributed by atoms with Crippen LogP contribution in [0, 0.1) is 36.7 Å². The number of hydrogen-bond donors (Lipinski definition) is 1. The lowest BCUT2D eigenvalue weighted by molar-refractivity contribution is -0.384. The van der Waals surface area contributed by atoms with E-state index in [0.717, 1.165) is 11.1 Å². The summed E-state index contributed by atoms with van der Waals surface area (Å²) >= 11 is 0. The molecule has 1 aromatic heterocycles. The number of aromatic nitrogens is 1. The number of hydrogen-bond acceptors (Lipinski definition) is 4. The van der Waals surface area contributed by atoms with Gasteiger partial charge in [-0.3, -0.25) is 10.1 Å². The highest BCUT2D eigenvalue weighted by molar-refractivity contribution is 5.56. The van der Waals surface area contributed by atoms with Gasteiger partial charge in [-0.25, -0.2) is 9.37 Å². The van der Waals surface area contributed by atoms with Gasteiger partial charge in [-0.2, -0.15) is 0 Å². The van der Waals surface area contributed by atoms with Gasteiger partial charge in [0.25, 0.3) is 0 Å². The van der Waals surface area contributed by atoms with Crippen LogP contribution in [-0.4, -0.2) is 9.91 Å². The van der Waals surface area contributed by atoms with Crippen LogP contribution in [-0.2, 0) is 6.54 Å². The van der Waals surface area contributed by atoms with Gasteiger partial charge < -0.3 is 5.32 Å². The zero-order valence-corrected chi connectivity index (χ0v) is 12.1. The molecule has 0 aliphatic heterocycles. The van der Waals surface area contributed by atoms with Crippen molar-refractivity contribution in [2.45, 2.75) is 27.3 Å². The van der Waals surface area contributed by atoms with E-state index in [1.807, 2.05) is 0 Å². The first-order chi connectivity index (χ1) is 9.88. The van der Waals surface area contributed by atoms with Crippen LogP contribution in [0.15, 0.2) is 24.4 Å². The lowest BCUT2D eigenvalue weighted by Crippen LogP contribution is -2.06. The molecule has 0 fully saturated rings. The van der Waals surface area contributed by atoms with Gasteiger partial charge in [0.05, 0.1) is 4.92 Å². The van der Waals surface area contributed by atoms with Crippen molar-refractivity contribution in [1.29, 1.82) is 0 Å². The molecule has 0 saturated heterocycles. The Bertz CT molecular complexity index is 678. The highest BCUT2D eigenvalue weighted by Gasteiger charge is 2.15. The Kier molecular flexibility index (Phi) is 4.16. The fourth-order valence-corrected chi connectivity index (χ4v) is 2.15. The minimum atomic E-state index is -0.469. The predicted octanol–water partition coefficient (Wildman–Crippen LogP) is 3.67. The minimum absolute atomic E-state index is 0.0643. The van der Waals surface area contributed by atoms with Crippen LogP contribution in [0.4, 0.5) is 15.9 Å². The SMILES string of the molecule is Cc1cnc(NCc2cc(C)c(F)c(C)c2)c([N+](=O)[O-])c1. The van der Waals surface area contributed by atoms with Crippen LogP contribution >= 0.6 is 0 Å². The quantitative estimate of drug-likeness (QED) is 0.689. The summed E-state index contributed by atoms with van der Waals surface area (Å²) in [4.78, 5) is 14.6. The molecule has 0 aliphatic carbocycles. The molecular formula is C15H16FN3O2. The highest BCUT2D eigenvalue weighted by Crippen LogP contribution is 2.23. The number of halogens is 1. The molecule has 0 saturated carbocycles. The Morgan fingerprint density at radius 2 is 1.86 bits per heavy atom. The van der Waals surface area contributed by atoms with Gasteiger partial charge in [-0.05, 0) is 43.0 Å². The van der Waals surface area contributed by atoms with Gasteiger partial charge in [-0.15, -0.1) is 0 Å². The van der Waals surface area contributed by atoms with E-state index >= 15 is 0 Å². The molecule has 2 rings (SSSR count). The molecule has 0 bridgehead atoms. The average molecular weight is 289 g/mol. The smallest absolute Gasteiger partial charge is 0.311 e. The average Bonchev–Trinajstić information content (AvgIpc) is 2.43. The Hall–Kier alpha value is -2.50. The van der Waals surface area contributed by atoms with Crippen LogP contribution in [0.2, 0.25) is 0 Å². The summed E-state index contributed by atoms with van der Waals surface area (Å²) in [6.07, 6.45) is 1.57. The van der Waals surface area contributed by atoms with Crippen LogP contribution in [0.1, 0.15) is 22.3 Å². The number of pyridine rings is 1. The monoisotopic (exact) mass is 289 g/mol. The zero-order chi connectivity index (χ0) is 15.6. The first-order valence-corrected chi connectivity index (χ1v) is 6.49. The largest absolute Gasteiger partial charge is 0.360 e. The van der Waals surface area contributed by atoms with E-state index in [-0.39, 0.29) is 17.3 Å². The number of nitro groups is 1. The standard InChI is InChI=1S/C15H16FN3O2/c1-9-4-13(19(20)21)15(17-7-9)18-8-12-5-10(2)14(16)11(3)6-12/h4-7H,8H2,1-3H3,(H,17,18). The number of rotatable bonds is 4. The number of nitrogens with zero attached hydrogens (tertiary/aromatic N) is 2. The zero-order valence-electron chi connectivity index (χ0n) is 12.1. The second-order valence-corrected chi connectivity index (χ2v) is 5.03. The number of anilines is 1. The Labute approximate surface area is 122 Å². The second kappa shape index (κ2) is 5.87. The van der Waals surface area contributed by atoms with E-state index in [1.165, 1.54) is 6.07 Å². The van der Waals surface area contributed by atoms with E-state index in [2.05, 4.69) is 10.3 Å². The Morgan fingerprint density at radius 1 is 1.24 bits per heavy atom. The van der Waals surface area contributed by atoms with Crippen molar-refractivity contribution in [2.75, 3.05) is 5.32 Å². The second-order valence-electron chi connectivity index (χ2n) is 5.03. The fraction of sp³-hybridized carbons (Fsp3) is 0.267. The lowest BCUT2D eigenvalue weighted by Gasteiger charge is -2.09. The molecule has 6 heteroatoms. The molecule has 0 amide bonds.